The Labute approximate surface area is 178 Å². The van der Waals surface area contributed by atoms with E-state index in [0.717, 1.165) is 0 Å². The maximum atomic E-state index is 12.5. The molecule has 0 fully saturated rings. The number of amides is 3. The van der Waals surface area contributed by atoms with Crippen LogP contribution in [-0.2, 0) is 9.59 Å². The lowest BCUT2D eigenvalue weighted by Gasteiger charge is -2.19. The first kappa shape index (κ1) is 23.5. The summed E-state index contributed by atoms with van der Waals surface area (Å²) in [5.41, 5.74) is 6.34. The minimum atomic E-state index is -2.97. The number of carbonyl (C=O) groups is 3. The van der Waals surface area contributed by atoms with E-state index in [2.05, 4.69) is 10.1 Å². The van der Waals surface area contributed by atoms with Gasteiger partial charge in [0.25, 0.3) is 0 Å². The molecule has 0 saturated heterocycles. The van der Waals surface area contributed by atoms with Crippen LogP contribution in [0.2, 0.25) is 0 Å². The summed E-state index contributed by atoms with van der Waals surface area (Å²) in [5, 5.41) is 2.68. The zero-order valence-electron chi connectivity index (χ0n) is 16.9. The topological polar surface area (TPSA) is 102 Å². The summed E-state index contributed by atoms with van der Waals surface area (Å²) in [5.74, 6) is -1.27. The van der Waals surface area contributed by atoms with E-state index in [4.69, 9.17) is 5.73 Å². The molecule has 0 radical (unpaired) electrons. The van der Waals surface area contributed by atoms with Crippen molar-refractivity contribution in [2.45, 2.75) is 20.0 Å². The molecule has 0 heterocycles. The summed E-state index contributed by atoms with van der Waals surface area (Å²) < 4.78 is 29.4. The number of alkyl halides is 2. The zero-order valence-corrected chi connectivity index (χ0v) is 16.9. The lowest BCUT2D eigenvalue weighted by molar-refractivity contribution is -0.126. The lowest BCUT2D eigenvalue weighted by atomic mass is 10.2. The van der Waals surface area contributed by atoms with E-state index in [-0.39, 0.29) is 30.5 Å². The van der Waals surface area contributed by atoms with Gasteiger partial charge in [0.05, 0.1) is 0 Å². The van der Waals surface area contributed by atoms with Crippen molar-refractivity contribution in [3.05, 3.63) is 65.7 Å². The quantitative estimate of drug-likeness (QED) is 0.564. The Hall–Kier alpha value is -3.75. The highest BCUT2D eigenvalue weighted by atomic mass is 19.3. The van der Waals surface area contributed by atoms with Crippen molar-refractivity contribution in [1.29, 1.82) is 0 Å². The molecule has 3 N–H and O–H groups in total. The number of para-hydroxylation sites is 1. The van der Waals surface area contributed by atoms with Gasteiger partial charge in [-0.25, -0.2) is 0 Å². The van der Waals surface area contributed by atoms with Crippen LogP contribution in [0.1, 0.15) is 29.3 Å². The number of nitrogens with zero attached hydrogens (tertiary/aromatic N) is 1. The third kappa shape index (κ3) is 7.54. The van der Waals surface area contributed by atoms with Crippen molar-refractivity contribution in [3.63, 3.8) is 0 Å². The number of carbonyl (C=O) groups excluding carboxylic acids is 3. The molecule has 2 aromatic carbocycles. The van der Waals surface area contributed by atoms with Crippen LogP contribution in [0.3, 0.4) is 0 Å². The summed E-state index contributed by atoms with van der Waals surface area (Å²) in [6.45, 7) is -0.679. The number of hydrogen-bond donors (Lipinski definition) is 2. The van der Waals surface area contributed by atoms with Crippen molar-refractivity contribution in [1.82, 2.24) is 4.90 Å². The first-order valence-electron chi connectivity index (χ1n) is 9.50. The number of primary amides is 1. The van der Waals surface area contributed by atoms with E-state index < -0.39 is 12.5 Å². The average molecular weight is 431 g/mol. The fourth-order valence-electron chi connectivity index (χ4n) is 2.69. The van der Waals surface area contributed by atoms with Crippen molar-refractivity contribution < 1.29 is 27.9 Å². The number of rotatable bonds is 10. The second-order valence-corrected chi connectivity index (χ2v) is 6.41. The Kier molecular flexibility index (Phi) is 8.68. The molecule has 0 aromatic heterocycles. The largest absolute Gasteiger partial charge is 0.434 e. The Bertz CT molecular complexity index is 946. The van der Waals surface area contributed by atoms with Crippen LogP contribution in [0.15, 0.2) is 54.6 Å². The number of benzene rings is 2. The number of nitrogens with one attached hydrogen (secondary N) is 1. The second kappa shape index (κ2) is 11.4. The molecule has 0 spiro atoms. The fourth-order valence-corrected chi connectivity index (χ4v) is 2.69. The van der Waals surface area contributed by atoms with Crippen LogP contribution in [0.5, 0.6) is 5.75 Å². The molecule has 7 nitrogen and oxygen atoms in total. The van der Waals surface area contributed by atoms with Gasteiger partial charge in [0, 0.05) is 42.4 Å². The molecule has 164 valence electrons. The lowest BCUT2D eigenvalue weighted by Crippen LogP contribution is -2.32. The van der Waals surface area contributed by atoms with Crippen LogP contribution in [-0.4, -0.2) is 42.3 Å². The van der Waals surface area contributed by atoms with Crippen LogP contribution < -0.4 is 15.8 Å². The van der Waals surface area contributed by atoms with E-state index >= 15 is 0 Å². The molecule has 2 rings (SSSR count). The predicted molar refractivity (Wildman–Crippen MR) is 113 cm³/mol. The molecule has 0 aliphatic carbocycles. The number of hydrogen-bond acceptors (Lipinski definition) is 4. The van der Waals surface area contributed by atoms with Crippen LogP contribution in [0.25, 0.3) is 6.08 Å². The van der Waals surface area contributed by atoms with Gasteiger partial charge in [-0.15, -0.1) is 0 Å². The molecule has 0 saturated carbocycles. The van der Waals surface area contributed by atoms with E-state index in [9.17, 15) is 23.2 Å². The highest BCUT2D eigenvalue weighted by Gasteiger charge is 2.12. The summed E-state index contributed by atoms with van der Waals surface area (Å²) >= 11 is 0. The van der Waals surface area contributed by atoms with Gasteiger partial charge in [-0.2, -0.15) is 8.78 Å². The molecule has 0 bridgehead atoms. The van der Waals surface area contributed by atoms with Gasteiger partial charge < -0.3 is 20.7 Å². The monoisotopic (exact) mass is 431 g/mol. The summed E-state index contributed by atoms with van der Waals surface area (Å²) in [6, 6.07) is 12.2. The SMILES string of the molecule is CCN(CCC(=O)Nc1ccc(C(N)=O)cc1)C(=O)C=Cc1ccccc1OC(F)F. The van der Waals surface area contributed by atoms with Gasteiger partial charge in [-0.05, 0) is 43.3 Å². The van der Waals surface area contributed by atoms with Gasteiger partial charge in [-0.1, -0.05) is 18.2 Å². The summed E-state index contributed by atoms with van der Waals surface area (Å²) in [4.78, 5) is 37.1. The van der Waals surface area contributed by atoms with Gasteiger partial charge in [0.2, 0.25) is 17.7 Å². The first-order valence-corrected chi connectivity index (χ1v) is 9.50. The van der Waals surface area contributed by atoms with Crippen molar-refractivity contribution in [2.75, 3.05) is 18.4 Å². The number of anilines is 1. The van der Waals surface area contributed by atoms with Gasteiger partial charge in [-0.3, -0.25) is 14.4 Å². The van der Waals surface area contributed by atoms with Crippen molar-refractivity contribution in [2.24, 2.45) is 5.73 Å². The molecule has 9 heteroatoms. The number of likely N-dealkylation sites (N-methyl/N-ethyl adjacent to an activating group) is 1. The number of halogens is 2. The van der Waals surface area contributed by atoms with Gasteiger partial charge >= 0.3 is 6.61 Å². The standard InChI is InChI=1S/C22H23F2N3O4/c1-2-27(14-13-19(28)26-17-10-7-16(8-11-17)21(25)30)20(29)12-9-15-5-3-4-6-18(15)31-22(23)24/h3-12,22H,2,13-14H2,1H3,(H2,25,30)(H,26,28). The maximum Gasteiger partial charge on any atom is 0.387 e. The summed E-state index contributed by atoms with van der Waals surface area (Å²) in [6.07, 6.45) is 2.69. The van der Waals surface area contributed by atoms with Crippen LogP contribution in [0.4, 0.5) is 14.5 Å². The van der Waals surface area contributed by atoms with E-state index in [1.165, 1.54) is 35.3 Å². The molecule has 3 amide bonds. The average Bonchev–Trinajstić information content (AvgIpc) is 2.73. The molecule has 0 aliphatic rings. The molecular weight excluding hydrogens is 408 g/mol. The van der Waals surface area contributed by atoms with E-state index in [0.29, 0.717) is 23.4 Å². The Morgan fingerprint density at radius 2 is 1.81 bits per heavy atom. The van der Waals surface area contributed by atoms with Crippen molar-refractivity contribution >= 4 is 29.5 Å². The minimum absolute atomic E-state index is 0.0358. The second-order valence-electron chi connectivity index (χ2n) is 6.41. The first-order chi connectivity index (χ1) is 14.8. The smallest absolute Gasteiger partial charge is 0.387 e. The molecule has 31 heavy (non-hydrogen) atoms. The third-order valence-electron chi connectivity index (χ3n) is 4.30. The Morgan fingerprint density at radius 1 is 1.13 bits per heavy atom. The molecular formula is C22H23F2N3O4. The molecule has 2 aromatic rings. The Morgan fingerprint density at radius 3 is 2.42 bits per heavy atom. The molecule has 0 unspecified atom stereocenters. The van der Waals surface area contributed by atoms with E-state index in [1.807, 2.05) is 0 Å². The maximum absolute atomic E-state index is 12.5. The highest BCUT2D eigenvalue weighted by Crippen LogP contribution is 2.21. The third-order valence-corrected chi connectivity index (χ3v) is 4.30. The van der Waals surface area contributed by atoms with Crippen LogP contribution >= 0.6 is 0 Å². The van der Waals surface area contributed by atoms with Crippen LogP contribution in [0, 0.1) is 0 Å². The fraction of sp³-hybridized carbons (Fsp3) is 0.227. The van der Waals surface area contributed by atoms with E-state index in [1.54, 1.807) is 37.3 Å². The van der Waals surface area contributed by atoms with Gasteiger partial charge in [0.1, 0.15) is 5.75 Å². The van der Waals surface area contributed by atoms with Gasteiger partial charge in [0.15, 0.2) is 0 Å². The summed E-state index contributed by atoms with van der Waals surface area (Å²) in [7, 11) is 0. The number of ether oxygens (including phenoxy) is 1. The Balaban J connectivity index is 1.92. The molecule has 0 aliphatic heterocycles. The number of nitrogens with two attached hydrogens (primary N) is 1. The van der Waals surface area contributed by atoms with Crippen molar-refractivity contribution in [3.8, 4) is 5.75 Å². The normalized spacial score (nSPS) is 10.8. The molecule has 0 atom stereocenters. The predicted octanol–water partition coefficient (Wildman–Crippen LogP) is 3.28. The minimum Gasteiger partial charge on any atom is -0.434 e. The highest BCUT2D eigenvalue weighted by molar-refractivity contribution is 5.95. The zero-order chi connectivity index (χ0) is 22.8.